The molecule has 1 aromatic carbocycles. The van der Waals surface area contributed by atoms with Crippen LogP contribution >= 0.6 is 0 Å². The number of nitrogens with zero attached hydrogens (tertiary/aromatic N) is 3. The molecule has 0 aliphatic rings. The third-order valence-electron chi connectivity index (χ3n) is 5.48. The van der Waals surface area contributed by atoms with Gasteiger partial charge in [-0.2, -0.15) is 0 Å². The second kappa shape index (κ2) is 9.20. The van der Waals surface area contributed by atoms with Crippen LogP contribution in [0.4, 0.5) is 4.39 Å². The van der Waals surface area contributed by atoms with Gasteiger partial charge in [-0.3, -0.25) is 9.78 Å². The molecular weight excluding hydrogens is 425 g/mol. The second-order valence-corrected chi connectivity index (χ2v) is 7.69. The molecule has 0 aliphatic carbocycles. The number of hydrogen-bond donors (Lipinski definition) is 0. The van der Waals surface area contributed by atoms with Crippen molar-refractivity contribution in [2.75, 3.05) is 6.61 Å². The fourth-order valence-electron chi connectivity index (χ4n) is 3.70. The van der Waals surface area contributed by atoms with Crippen LogP contribution in [-0.2, 0) is 11.3 Å². The first kappa shape index (κ1) is 22.1. The maximum atomic E-state index is 13.2. The number of pyridine rings is 1. The Labute approximate surface area is 189 Å². The number of Topliss-reactive ketones (excluding diaryl/α,β-unsaturated/α-hetero) is 1. The molecular formula is C25H22FN3O4. The van der Waals surface area contributed by atoms with Gasteiger partial charge in [0, 0.05) is 41.5 Å². The van der Waals surface area contributed by atoms with E-state index in [9.17, 15) is 14.0 Å². The molecule has 0 radical (unpaired) electrons. The number of hydrogen-bond acceptors (Lipinski definition) is 6. The molecule has 0 saturated heterocycles. The van der Waals surface area contributed by atoms with Crippen molar-refractivity contribution in [2.45, 2.75) is 27.3 Å². The lowest BCUT2D eigenvalue weighted by atomic mass is 10.1. The summed E-state index contributed by atoms with van der Waals surface area (Å²) < 4.78 is 25.7. The highest BCUT2D eigenvalue weighted by atomic mass is 19.1. The van der Waals surface area contributed by atoms with Gasteiger partial charge in [0.25, 0.3) is 0 Å². The van der Waals surface area contributed by atoms with E-state index in [0.717, 1.165) is 17.0 Å². The van der Waals surface area contributed by atoms with Crippen LogP contribution in [0.3, 0.4) is 0 Å². The first-order valence-electron chi connectivity index (χ1n) is 10.3. The van der Waals surface area contributed by atoms with Crippen molar-refractivity contribution in [3.8, 4) is 11.3 Å². The number of ether oxygens (including phenoxy) is 1. The summed E-state index contributed by atoms with van der Waals surface area (Å²) >= 11 is 0. The number of aromatic nitrogens is 3. The average Bonchev–Trinajstić information content (AvgIpc) is 3.34. The smallest absolute Gasteiger partial charge is 0.344 e. The summed E-state index contributed by atoms with van der Waals surface area (Å²) in [6.45, 7) is 5.41. The predicted molar refractivity (Wildman–Crippen MR) is 118 cm³/mol. The lowest BCUT2D eigenvalue weighted by Crippen LogP contribution is -2.16. The van der Waals surface area contributed by atoms with Gasteiger partial charge in [0.2, 0.25) is 5.78 Å². The molecule has 0 atom stereocenters. The molecule has 33 heavy (non-hydrogen) atoms. The number of carbonyl (C=O) groups excluding carboxylic acids is 2. The maximum absolute atomic E-state index is 13.2. The largest absolute Gasteiger partial charge is 0.454 e. The van der Waals surface area contributed by atoms with Crippen LogP contribution in [0, 0.1) is 26.6 Å². The molecule has 0 saturated carbocycles. The number of aryl methyl sites for hydroxylation is 2. The number of carbonyl (C=O) groups is 2. The molecule has 168 valence electrons. The van der Waals surface area contributed by atoms with Gasteiger partial charge < -0.3 is 13.8 Å². The molecule has 0 bridgehead atoms. The molecule has 0 amide bonds. The number of esters is 1. The van der Waals surface area contributed by atoms with E-state index in [1.807, 2.05) is 18.4 Å². The monoisotopic (exact) mass is 447 g/mol. The topological polar surface area (TPSA) is 87.2 Å². The molecule has 0 fully saturated rings. The summed E-state index contributed by atoms with van der Waals surface area (Å²) in [6.07, 6.45) is 3.17. The quantitative estimate of drug-likeness (QED) is 0.302. The third-order valence-corrected chi connectivity index (χ3v) is 5.48. The van der Waals surface area contributed by atoms with Crippen molar-refractivity contribution in [3.05, 3.63) is 94.5 Å². The molecule has 0 unspecified atom stereocenters. The first-order valence-corrected chi connectivity index (χ1v) is 10.3. The summed E-state index contributed by atoms with van der Waals surface area (Å²) in [5.41, 5.74) is 4.18. The Bertz CT molecular complexity index is 1310. The summed E-state index contributed by atoms with van der Waals surface area (Å²) in [5, 5.41) is 3.95. The zero-order chi connectivity index (χ0) is 23.5. The van der Waals surface area contributed by atoms with Crippen molar-refractivity contribution in [1.82, 2.24) is 14.7 Å². The minimum Gasteiger partial charge on any atom is -0.454 e. The molecule has 0 aliphatic heterocycles. The van der Waals surface area contributed by atoms with E-state index in [2.05, 4.69) is 10.1 Å². The SMILES string of the molecule is Cc1onc(-c2ccncc2)c1C(=O)OCC(=O)c1cc(C)n(Cc2ccc(F)cc2)c1C. The van der Waals surface area contributed by atoms with Gasteiger partial charge in [-0.05, 0) is 56.7 Å². The second-order valence-electron chi connectivity index (χ2n) is 7.69. The fourth-order valence-corrected chi connectivity index (χ4v) is 3.70. The van der Waals surface area contributed by atoms with Gasteiger partial charge in [-0.15, -0.1) is 0 Å². The van der Waals surface area contributed by atoms with Crippen LogP contribution in [0.25, 0.3) is 11.3 Å². The molecule has 0 spiro atoms. The Balaban J connectivity index is 1.48. The van der Waals surface area contributed by atoms with E-state index in [1.54, 1.807) is 49.6 Å². The lowest BCUT2D eigenvalue weighted by Gasteiger charge is -2.10. The number of rotatable bonds is 7. The highest BCUT2D eigenvalue weighted by Crippen LogP contribution is 2.25. The van der Waals surface area contributed by atoms with E-state index >= 15 is 0 Å². The normalized spacial score (nSPS) is 10.9. The number of halogens is 1. The zero-order valence-electron chi connectivity index (χ0n) is 18.5. The molecule has 7 nitrogen and oxygen atoms in total. The zero-order valence-corrected chi connectivity index (χ0v) is 18.5. The molecule has 8 heteroatoms. The van der Waals surface area contributed by atoms with Crippen LogP contribution in [0.2, 0.25) is 0 Å². The number of benzene rings is 1. The summed E-state index contributed by atoms with van der Waals surface area (Å²) in [7, 11) is 0. The first-order chi connectivity index (χ1) is 15.8. The Morgan fingerprint density at radius 3 is 2.45 bits per heavy atom. The maximum Gasteiger partial charge on any atom is 0.344 e. The van der Waals surface area contributed by atoms with Crippen molar-refractivity contribution < 1.29 is 23.2 Å². The minimum absolute atomic E-state index is 0.177. The van der Waals surface area contributed by atoms with Crippen molar-refractivity contribution in [2.24, 2.45) is 0 Å². The summed E-state index contributed by atoms with van der Waals surface area (Å²) in [6, 6.07) is 11.4. The van der Waals surface area contributed by atoms with Crippen molar-refractivity contribution in [3.63, 3.8) is 0 Å². The molecule has 3 aromatic heterocycles. The van der Waals surface area contributed by atoms with Gasteiger partial charge in [-0.25, -0.2) is 9.18 Å². The standard InChI is InChI=1S/C25H22FN3O4/c1-15-12-21(16(2)29(15)13-18-4-6-20(26)7-5-18)22(30)14-32-25(31)23-17(3)33-28-24(23)19-8-10-27-11-9-19/h4-12H,13-14H2,1-3H3. The number of ketones is 1. The van der Waals surface area contributed by atoms with Crippen LogP contribution in [-0.4, -0.2) is 33.1 Å². The fraction of sp³-hybridized carbons (Fsp3) is 0.200. The Morgan fingerprint density at radius 1 is 1.06 bits per heavy atom. The van der Waals surface area contributed by atoms with Gasteiger partial charge in [0.1, 0.15) is 22.8 Å². The van der Waals surface area contributed by atoms with Crippen molar-refractivity contribution in [1.29, 1.82) is 0 Å². The Kier molecular flexibility index (Phi) is 6.17. The van der Waals surface area contributed by atoms with Crippen LogP contribution in [0.5, 0.6) is 0 Å². The van der Waals surface area contributed by atoms with Crippen LogP contribution in [0.15, 0.2) is 59.4 Å². The van der Waals surface area contributed by atoms with Gasteiger partial charge >= 0.3 is 5.97 Å². The lowest BCUT2D eigenvalue weighted by molar-refractivity contribution is 0.0473. The van der Waals surface area contributed by atoms with Crippen molar-refractivity contribution >= 4 is 11.8 Å². The van der Waals surface area contributed by atoms with E-state index in [-0.39, 0.29) is 17.2 Å². The van der Waals surface area contributed by atoms with Gasteiger partial charge in [0.05, 0.1) is 0 Å². The third kappa shape index (κ3) is 4.59. The molecule has 3 heterocycles. The van der Waals surface area contributed by atoms with Gasteiger partial charge in [0.15, 0.2) is 6.61 Å². The molecule has 4 aromatic rings. The van der Waals surface area contributed by atoms with E-state index in [1.165, 1.54) is 12.1 Å². The Hall–Kier alpha value is -4.07. The highest BCUT2D eigenvalue weighted by molar-refractivity contribution is 6.02. The van der Waals surface area contributed by atoms with Crippen LogP contribution < -0.4 is 0 Å². The summed E-state index contributed by atoms with van der Waals surface area (Å²) in [4.78, 5) is 29.6. The Morgan fingerprint density at radius 2 is 1.76 bits per heavy atom. The van der Waals surface area contributed by atoms with Gasteiger partial charge in [-0.1, -0.05) is 17.3 Å². The van der Waals surface area contributed by atoms with E-state index < -0.39 is 12.6 Å². The summed E-state index contributed by atoms with van der Waals surface area (Å²) in [5.74, 6) is -1.00. The predicted octanol–water partition coefficient (Wildman–Crippen LogP) is 4.69. The highest BCUT2D eigenvalue weighted by Gasteiger charge is 2.24. The van der Waals surface area contributed by atoms with E-state index in [0.29, 0.717) is 29.1 Å². The average molecular weight is 447 g/mol. The molecule has 0 N–H and O–H groups in total. The minimum atomic E-state index is -0.686. The molecule has 4 rings (SSSR count). The van der Waals surface area contributed by atoms with Crippen LogP contribution in [0.1, 0.15) is 43.4 Å². The van der Waals surface area contributed by atoms with E-state index in [4.69, 9.17) is 9.26 Å².